The smallest absolute Gasteiger partial charge is 0.191 e. The molecule has 1 aliphatic heterocycles. The minimum Gasteiger partial charge on any atom is -0.493 e. The summed E-state index contributed by atoms with van der Waals surface area (Å²) >= 11 is 0. The summed E-state index contributed by atoms with van der Waals surface area (Å²) in [6, 6.07) is 16.6. The summed E-state index contributed by atoms with van der Waals surface area (Å²) < 4.78 is 11.6. The monoisotopic (exact) mass is 495 g/mol. The van der Waals surface area contributed by atoms with Gasteiger partial charge in [0.1, 0.15) is 5.75 Å². The molecule has 152 valence electrons. The Morgan fingerprint density at radius 1 is 1.14 bits per heavy atom. The van der Waals surface area contributed by atoms with Crippen LogP contribution in [0.4, 0.5) is 0 Å². The van der Waals surface area contributed by atoms with Crippen molar-refractivity contribution < 1.29 is 9.47 Å². The second-order valence-corrected chi connectivity index (χ2v) is 6.92. The summed E-state index contributed by atoms with van der Waals surface area (Å²) in [5, 5.41) is 6.72. The predicted molar refractivity (Wildman–Crippen MR) is 124 cm³/mol. The van der Waals surface area contributed by atoms with Crippen molar-refractivity contribution in [1.29, 1.82) is 0 Å². The average Bonchev–Trinajstić information content (AvgIpc) is 3.22. The molecule has 1 atom stereocenters. The van der Waals surface area contributed by atoms with Crippen LogP contribution in [0.15, 0.2) is 53.5 Å². The molecule has 0 amide bonds. The Hall–Kier alpha value is -1.80. The van der Waals surface area contributed by atoms with Gasteiger partial charge in [-0.25, -0.2) is 0 Å². The summed E-state index contributed by atoms with van der Waals surface area (Å²) in [5.74, 6) is 2.20. The van der Waals surface area contributed by atoms with Crippen LogP contribution in [0.2, 0.25) is 0 Å². The summed E-state index contributed by atoms with van der Waals surface area (Å²) in [7, 11) is 1.78. The van der Waals surface area contributed by atoms with Crippen LogP contribution in [0.5, 0.6) is 5.75 Å². The molecule has 2 aromatic rings. The number of aliphatic imine (C=N–C) groups is 1. The lowest BCUT2D eigenvalue weighted by molar-refractivity contribution is 0.166. The third-order valence-electron chi connectivity index (χ3n) is 4.69. The second kappa shape index (κ2) is 11.9. The van der Waals surface area contributed by atoms with Crippen LogP contribution in [0, 0.1) is 12.8 Å². The standard InChI is InChI=1S/C22H29N3O2.HI/c1-17-8-9-20(21(12-17)27-16-19-10-11-26-15-19)14-25-22(23-2)24-13-18-6-4-3-5-7-18;/h3-9,12,19H,10-11,13-16H2,1-2H3,(H2,23,24,25);1H. The van der Waals surface area contributed by atoms with Gasteiger partial charge in [0.25, 0.3) is 0 Å². The first-order valence-corrected chi connectivity index (χ1v) is 9.53. The SMILES string of the molecule is CN=C(NCc1ccccc1)NCc1ccc(C)cc1OCC1CCOC1.I. The molecule has 1 saturated heterocycles. The third kappa shape index (κ3) is 6.98. The van der Waals surface area contributed by atoms with Crippen LogP contribution in [-0.4, -0.2) is 32.8 Å². The van der Waals surface area contributed by atoms with Crippen LogP contribution in [0.3, 0.4) is 0 Å². The van der Waals surface area contributed by atoms with E-state index < -0.39 is 0 Å². The van der Waals surface area contributed by atoms with Crippen molar-refractivity contribution >= 4 is 29.9 Å². The molecular weight excluding hydrogens is 465 g/mol. The summed E-state index contributed by atoms with van der Waals surface area (Å²) in [5.41, 5.74) is 3.55. The lowest BCUT2D eigenvalue weighted by atomic mass is 10.1. The average molecular weight is 495 g/mol. The van der Waals surface area contributed by atoms with Gasteiger partial charge in [-0.3, -0.25) is 4.99 Å². The Labute approximate surface area is 184 Å². The number of halogens is 1. The van der Waals surface area contributed by atoms with E-state index >= 15 is 0 Å². The quantitative estimate of drug-likeness (QED) is 0.348. The van der Waals surface area contributed by atoms with Gasteiger partial charge in [-0.15, -0.1) is 24.0 Å². The molecule has 1 unspecified atom stereocenters. The van der Waals surface area contributed by atoms with Gasteiger partial charge in [0.2, 0.25) is 0 Å². The van der Waals surface area contributed by atoms with E-state index in [4.69, 9.17) is 9.47 Å². The lowest BCUT2D eigenvalue weighted by Gasteiger charge is -2.17. The molecule has 2 N–H and O–H groups in total. The van der Waals surface area contributed by atoms with Gasteiger partial charge < -0.3 is 20.1 Å². The second-order valence-electron chi connectivity index (χ2n) is 6.92. The number of hydrogen-bond acceptors (Lipinski definition) is 3. The fourth-order valence-electron chi connectivity index (χ4n) is 3.05. The van der Waals surface area contributed by atoms with Gasteiger partial charge in [0, 0.05) is 38.2 Å². The van der Waals surface area contributed by atoms with E-state index in [2.05, 4.69) is 52.9 Å². The highest BCUT2D eigenvalue weighted by Crippen LogP contribution is 2.22. The Kier molecular flexibility index (Phi) is 9.57. The number of guanidine groups is 1. The minimum absolute atomic E-state index is 0. The highest BCUT2D eigenvalue weighted by molar-refractivity contribution is 14.0. The molecule has 1 fully saturated rings. The number of rotatable bonds is 7. The number of aryl methyl sites for hydroxylation is 1. The minimum atomic E-state index is 0. The van der Waals surface area contributed by atoms with Crippen LogP contribution >= 0.6 is 24.0 Å². The third-order valence-corrected chi connectivity index (χ3v) is 4.69. The molecule has 1 heterocycles. The van der Waals surface area contributed by atoms with Gasteiger partial charge in [0.05, 0.1) is 13.2 Å². The largest absolute Gasteiger partial charge is 0.493 e. The molecular formula is C22H30IN3O2. The molecule has 0 spiro atoms. The zero-order chi connectivity index (χ0) is 18.9. The van der Waals surface area contributed by atoms with Crippen LogP contribution in [0.25, 0.3) is 0 Å². The van der Waals surface area contributed by atoms with E-state index in [0.717, 1.165) is 43.5 Å². The highest BCUT2D eigenvalue weighted by atomic mass is 127. The topological polar surface area (TPSA) is 54.9 Å². The number of nitrogens with zero attached hydrogens (tertiary/aromatic N) is 1. The molecule has 28 heavy (non-hydrogen) atoms. The maximum atomic E-state index is 6.12. The Morgan fingerprint density at radius 2 is 1.93 bits per heavy atom. The van der Waals surface area contributed by atoms with E-state index in [1.807, 2.05) is 18.2 Å². The van der Waals surface area contributed by atoms with Crippen molar-refractivity contribution in [3.8, 4) is 5.75 Å². The van der Waals surface area contributed by atoms with E-state index in [0.29, 0.717) is 19.1 Å². The maximum absolute atomic E-state index is 6.12. The molecule has 0 aliphatic carbocycles. The fourth-order valence-corrected chi connectivity index (χ4v) is 3.05. The van der Waals surface area contributed by atoms with Crippen LogP contribution in [0.1, 0.15) is 23.1 Å². The van der Waals surface area contributed by atoms with Crippen molar-refractivity contribution in [1.82, 2.24) is 10.6 Å². The molecule has 0 radical (unpaired) electrons. The summed E-state index contributed by atoms with van der Waals surface area (Å²) in [6.45, 7) is 5.83. The van der Waals surface area contributed by atoms with Crippen molar-refractivity contribution in [3.63, 3.8) is 0 Å². The molecule has 6 heteroatoms. The zero-order valence-electron chi connectivity index (χ0n) is 16.6. The van der Waals surface area contributed by atoms with Gasteiger partial charge in [-0.05, 0) is 30.5 Å². The Balaban J connectivity index is 0.00000280. The van der Waals surface area contributed by atoms with E-state index in [1.165, 1.54) is 11.1 Å². The number of nitrogens with one attached hydrogen (secondary N) is 2. The van der Waals surface area contributed by atoms with Gasteiger partial charge >= 0.3 is 0 Å². The van der Waals surface area contributed by atoms with Gasteiger partial charge in [-0.2, -0.15) is 0 Å². The van der Waals surface area contributed by atoms with E-state index in [1.54, 1.807) is 7.05 Å². The van der Waals surface area contributed by atoms with E-state index in [9.17, 15) is 0 Å². The number of benzene rings is 2. The molecule has 3 rings (SSSR count). The molecule has 0 aromatic heterocycles. The summed E-state index contributed by atoms with van der Waals surface area (Å²) in [6.07, 6.45) is 1.08. The first-order chi connectivity index (χ1) is 13.2. The van der Waals surface area contributed by atoms with Crippen molar-refractivity contribution in [2.45, 2.75) is 26.4 Å². The number of hydrogen-bond donors (Lipinski definition) is 2. The van der Waals surface area contributed by atoms with Crippen LogP contribution < -0.4 is 15.4 Å². The van der Waals surface area contributed by atoms with Crippen molar-refractivity contribution in [2.24, 2.45) is 10.9 Å². The number of ether oxygens (including phenoxy) is 2. The Morgan fingerprint density at radius 3 is 2.64 bits per heavy atom. The normalized spacial score (nSPS) is 16.4. The van der Waals surface area contributed by atoms with Crippen molar-refractivity contribution in [3.05, 3.63) is 65.2 Å². The van der Waals surface area contributed by atoms with Gasteiger partial charge in [-0.1, -0.05) is 42.5 Å². The van der Waals surface area contributed by atoms with Gasteiger partial charge in [0.15, 0.2) is 5.96 Å². The highest BCUT2D eigenvalue weighted by Gasteiger charge is 2.17. The molecule has 5 nitrogen and oxygen atoms in total. The molecule has 0 bridgehead atoms. The van der Waals surface area contributed by atoms with E-state index in [-0.39, 0.29) is 24.0 Å². The lowest BCUT2D eigenvalue weighted by Crippen LogP contribution is -2.36. The van der Waals surface area contributed by atoms with Crippen molar-refractivity contribution in [2.75, 3.05) is 26.9 Å². The first kappa shape index (κ1) is 22.5. The Bertz CT molecular complexity index is 747. The fraction of sp³-hybridized carbons (Fsp3) is 0.409. The first-order valence-electron chi connectivity index (χ1n) is 9.53. The molecule has 1 aliphatic rings. The molecule has 0 saturated carbocycles. The molecule has 2 aromatic carbocycles. The zero-order valence-corrected chi connectivity index (χ0v) is 18.9. The van der Waals surface area contributed by atoms with Crippen LogP contribution in [-0.2, 0) is 17.8 Å². The maximum Gasteiger partial charge on any atom is 0.191 e. The summed E-state index contributed by atoms with van der Waals surface area (Å²) in [4.78, 5) is 4.31. The predicted octanol–water partition coefficient (Wildman–Crippen LogP) is 3.89.